The van der Waals surface area contributed by atoms with Crippen LogP contribution in [0.15, 0.2) is 6.07 Å². The van der Waals surface area contributed by atoms with Crippen molar-refractivity contribution < 1.29 is 4.74 Å². The maximum atomic E-state index is 5.97. The number of nitrogens with zero attached hydrogens (tertiary/aromatic N) is 1. The summed E-state index contributed by atoms with van der Waals surface area (Å²) in [6, 6.07) is 1.58. The fourth-order valence-corrected chi connectivity index (χ4v) is 1.64. The van der Waals surface area contributed by atoms with Gasteiger partial charge < -0.3 is 15.8 Å². The molecule has 1 atom stereocenters. The number of aromatic nitrogens is 1. The van der Waals surface area contributed by atoms with E-state index < -0.39 is 0 Å². The lowest BCUT2D eigenvalue weighted by atomic mass is 10.2. The topological polar surface area (TPSA) is 60.2 Å². The molecule has 1 rings (SSSR count). The molecule has 0 bridgehead atoms. The number of ether oxygens (including phenoxy) is 1. The largest absolute Gasteiger partial charge is 0.384 e. The van der Waals surface area contributed by atoms with E-state index in [0.717, 1.165) is 0 Å². The monoisotopic (exact) mass is 263 g/mol. The summed E-state index contributed by atoms with van der Waals surface area (Å²) >= 11 is 11.7. The molecule has 0 fully saturated rings. The van der Waals surface area contributed by atoms with Crippen LogP contribution in [0.1, 0.15) is 6.92 Å². The summed E-state index contributed by atoms with van der Waals surface area (Å²) in [5.41, 5.74) is 5.59. The molecule has 16 heavy (non-hydrogen) atoms. The number of nitrogen functional groups attached to an aromatic ring is 1. The molecule has 0 aliphatic rings. The first-order chi connectivity index (χ1) is 7.54. The number of nitrogens with two attached hydrogens (primary N) is 1. The van der Waals surface area contributed by atoms with Crippen molar-refractivity contribution in [2.24, 2.45) is 5.92 Å². The third-order valence-corrected chi connectivity index (χ3v) is 2.62. The molecular formula is C10H15Cl2N3O. The van der Waals surface area contributed by atoms with Crippen molar-refractivity contribution in [3.05, 3.63) is 16.1 Å². The molecule has 6 heteroatoms. The Morgan fingerprint density at radius 2 is 2.19 bits per heavy atom. The van der Waals surface area contributed by atoms with Gasteiger partial charge >= 0.3 is 0 Å². The number of halogens is 2. The highest BCUT2D eigenvalue weighted by atomic mass is 35.5. The SMILES string of the molecule is COCC(C)CNc1nc(N)c(Cl)cc1Cl. The minimum absolute atomic E-state index is 0.271. The first-order valence-corrected chi connectivity index (χ1v) is 5.64. The minimum Gasteiger partial charge on any atom is -0.384 e. The van der Waals surface area contributed by atoms with Crippen molar-refractivity contribution in [1.82, 2.24) is 4.98 Å². The lowest BCUT2D eigenvalue weighted by molar-refractivity contribution is 0.164. The summed E-state index contributed by atoms with van der Waals surface area (Å²) in [5.74, 6) is 1.18. The average Bonchev–Trinajstić information content (AvgIpc) is 2.22. The normalized spacial score (nSPS) is 12.5. The Morgan fingerprint density at radius 3 is 2.81 bits per heavy atom. The van der Waals surface area contributed by atoms with Crippen LogP contribution in [0.3, 0.4) is 0 Å². The van der Waals surface area contributed by atoms with Gasteiger partial charge in [0.2, 0.25) is 0 Å². The third-order valence-electron chi connectivity index (χ3n) is 2.03. The molecule has 1 aromatic rings. The van der Waals surface area contributed by atoms with Gasteiger partial charge in [-0.25, -0.2) is 4.98 Å². The summed E-state index contributed by atoms with van der Waals surface area (Å²) in [7, 11) is 1.67. The van der Waals surface area contributed by atoms with E-state index in [1.807, 2.05) is 0 Å². The van der Waals surface area contributed by atoms with E-state index in [9.17, 15) is 0 Å². The zero-order valence-electron chi connectivity index (χ0n) is 9.26. The zero-order chi connectivity index (χ0) is 12.1. The van der Waals surface area contributed by atoms with E-state index in [2.05, 4.69) is 17.2 Å². The highest BCUT2D eigenvalue weighted by molar-refractivity contribution is 6.37. The van der Waals surface area contributed by atoms with E-state index in [0.29, 0.717) is 34.9 Å². The second-order valence-electron chi connectivity index (χ2n) is 3.63. The quantitative estimate of drug-likeness (QED) is 0.858. The number of anilines is 2. The molecule has 1 unspecified atom stereocenters. The van der Waals surface area contributed by atoms with Gasteiger partial charge in [-0.2, -0.15) is 0 Å². The van der Waals surface area contributed by atoms with E-state index in [1.165, 1.54) is 0 Å². The zero-order valence-corrected chi connectivity index (χ0v) is 10.8. The molecule has 0 radical (unpaired) electrons. The lowest BCUT2D eigenvalue weighted by Gasteiger charge is -2.13. The molecule has 0 aliphatic carbocycles. The van der Waals surface area contributed by atoms with Gasteiger partial charge in [0.1, 0.15) is 11.6 Å². The minimum atomic E-state index is 0.271. The Bertz CT molecular complexity index is 360. The highest BCUT2D eigenvalue weighted by Gasteiger charge is 2.08. The number of nitrogens with one attached hydrogen (secondary N) is 1. The Labute approximate surface area is 105 Å². The van der Waals surface area contributed by atoms with Crippen LogP contribution in [0, 0.1) is 5.92 Å². The Kier molecular flexibility index (Phi) is 5.12. The van der Waals surface area contributed by atoms with Crippen LogP contribution in [-0.2, 0) is 4.74 Å². The molecule has 4 nitrogen and oxygen atoms in total. The number of methoxy groups -OCH3 is 1. The molecule has 3 N–H and O–H groups in total. The van der Waals surface area contributed by atoms with Gasteiger partial charge in [0.15, 0.2) is 0 Å². The molecule has 0 aromatic carbocycles. The molecule has 0 spiro atoms. The van der Waals surface area contributed by atoms with Gasteiger partial charge in [0.25, 0.3) is 0 Å². The number of hydrogen-bond acceptors (Lipinski definition) is 4. The molecule has 90 valence electrons. The van der Waals surface area contributed by atoms with Crippen molar-refractivity contribution in [2.45, 2.75) is 6.92 Å². The van der Waals surface area contributed by atoms with Crippen LogP contribution >= 0.6 is 23.2 Å². The van der Waals surface area contributed by atoms with Crippen molar-refractivity contribution in [2.75, 3.05) is 31.3 Å². The highest BCUT2D eigenvalue weighted by Crippen LogP contribution is 2.27. The van der Waals surface area contributed by atoms with Gasteiger partial charge in [0, 0.05) is 13.7 Å². The van der Waals surface area contributed by atoms with Crippen LogP contribution in [0.5, 0.6) is 0 Å². The molecule has 0 aliphatic heterocycles. The van der Waals surface area contributed by atoms with Crippen LogP contribution in [0.4, 0.5) is 11.6 Å². The summed E-state index contributed by atoms with van der Waals surface area (Å²) in [4.78, 5) is 4.07. The number of pyridine rings is 1. The maximum absolute atomic E-state index is 5.97. The smallest absolute Gasteiger partial charge is 0.147 e. The summed E-state index contributed by atoms with van der Waals surface area (Å²) in [5, 5.41) is 3.93. The first-order valence-electron chi connectivity index (χ1n) is 4.89. The van der Waals surface area contributed by atoms with Crippen LogP contribution in [-0.4, -0.2) is 25.2 Å². The maximum Gasteiger partial charge on any atom is 0.147 e. The molecule has 1 heterocycles. The van der Waals surface area contributed by atoms with E-state index >= 15 is 0 Å². The van der Waals surface area contributed by atoms with Crippen LogP contribution in [0.25, 0.3) is 0 Å². The average molecular weight is 264 g/mol. The summed E-state index contributed by atoms with van der Waals surface area (Å²) in [6.07, 6.45) is 0. The van der Waals surface area contributed by atoms with E-state index in [-0.39, 0.29) is 5.82 Å². The first kappa shape index (κ1) is 13.4. The number of hydrogen-bond donors (Lipinski definition) is 2. The van der Waals surface area contributed by atoms with Crippen molar-refractivity contribution >= 4 is 34.8 Å². The predicted octanol–water partition coefficient (Wildman–Crippen LogP) is 2.67. The van der Waals surface area contributed by atoms with Crippen molar-refractivity contribution in [3.63, 3.8) is 0 Å². The second kappa shape index (κ2) is 6.13. The molecule has 0 saturated carbocycles. The Hall–Kier alpha value is -0.710. The van der Waals surface area contributed by atoms with E-state index in [1.54, 1.807) is 13.2 Å². The van der Waals surface area contributed by atoms with Crippen molar-refractivity contribution in [3.8, 4) is 0 Å². The fourth-order valence-electron chi connectivity index (χ4n) is 1.22. The lowest BCUT2D eigenvalue weighted by Crippen LogP contribution is -2.16. The van der Waals surface area contributed by atoms with Crippen molar-refractivity contribution in [1.29, 1.82) is 0 Å². The molecule has 0 saturated heterocycles. The third kappa shape index (κ3) is 3.70. The Balaban J connectivity index is 2.63. The van der Waals surface area contributed by atoms with Crippen LogP contribution < -0.4 is 11.1 Å². The van der Waals surface area contributed by atoms with Crippen LogP contribution in [0.2, 0.25) is 10.0 Å². The standard InChI is InChI=1S/C10H15Cl2N3O/c1-6(5-16-2)4-14-10-8(12)3-7(11)9(13)15-10/h3,6H,4-5H2,1-2H3,(H3,13,14,15). The van der Waals surface area contributed by atoms with E-state index in [4.69, 9.17) is 33.7 Å². The predicted molar refractivity (Wildman–Crippen MR) is 68.2 cm³/mol. The molecule has 0 amide bonds. The van der Waals surface area contributed by atoms with Gasteiger partial charge in [-0.3, -0.25) is 0 Å². The fraction of sp³-hybridized carbons (Fsp3) is 0.500. The van der Waals surface area contributed by atoms with Gasteiger partial charge in [-0.15, -0.1) is 0 Å². The summed E-state index contributed by atoms with van der Waals surface area (Å²) in [6.45, 7) is 3.44. The van der Waals surface area contributed by atoms with Gasteiger partial charge in [0.05, 0.1) is 16.7 Å². The Morgan fingerprint density at radius 1 is 1.50 bits per heavy atom. The molecule has 1 aromatic heterocycles. The van der Waals surface area contributed by atoms with Gasteiger partial charge in [-0.1, -0.05) is 30.1 Å². The number of rotatable bonds is 5. The second-order valence-corrected chi connectivity index (χ2v) is 4.44. The summed E-state index contributed by atoms with van der Waals surface area (Å²) < 4.78 is 5.03. The molecular weight excluding hydrogens is 249 g/mol. The van der Waals surface area contributed by atoms with Gasteiger partial charge in [-0.05, 0) is 12.0 Å².